The van der Waals surface area contributed by atoms with Crippen molar-refractivity contribution < 1.29 is 0 Å². The molecule has 0 aliphatic carbocycles. The SMILES string of the molecule is C=N/C(CC)=C(\C=C/Cc1cccc(-c2cccc3cn[nH]c23)c1Cl)CN1CC(C)(C)C1. The Morgan fingerprint density at radius 2 is 1.97 bits per heavy atom. The van der Waals surface area contributed by atoms with Gasteiger partial charge in [-0.25, -0.2) is 0 Å². The van der Waals surface area contributed by atoms with Crippen LogP contribution in [-0.4, -0.2) is 41.4 Å². The molecule has 2 aromatic carbocycles. The molecule has 1 saturated heterocycles. The third kappa shape index (κ3) is 4.72. The largest absolute Gasteiger partial charge is 0.298 e. The average Bonchev–Trinajstić information content (AvgIpc) is 3.23. The van der Waals surface area contributed by atoms with Gasteiger partial charge < -0.3 is 0 Å². The highest BCUT2D eigenvalue weighted by atomic mass is 35.5. The molecule has 4 nitrogen and oxygen atoms in total. The van der Waals surface area contributed by atoms with Gasteiger partial charge >= 0.3 is 0 Å². The molecule has 0 saturated carbocycles. The molecule has 166 valence electrons. The van der Waals surface area contributed by atoms with E-state index in [0.717, 1.165) is 70.8 Å². The van der Waals surface area contributed by atoms with Gasteiger partial charge in [-0.3, -0.25) is 15.0 Å². The number of nitrogens with zero attached hydrogens (tertiary/aromatic N) is 3. The molecule has 32 heavy (non-hydrogen) atoms. The van der Waals surface area contributed by atoms with Crippen molar-refractivity contribution in [2.24, 2.45) is 10.4 Å². The summed E-state index contributed by atoms with van der Waals surface area (Å²) < 4.78 is 0. The summed E-state index contributed by atoms with van der Waals surface area (Å²) in [6.07, 6.45) is 7.88. The molecule has 1 N–H and O–H groups in total. The Labute approximate surface area is 195 Å². The Morgan fingerprint density at radius 1 is 1.22 bits per heavy atom. The smallest absolute Gasteiger partial charge is 0.0729 e. The lowest BCUT2D eigenvalue weighted by molar-refractivity contribution is 0.0405. The topological polar surface area (TPSA) is 44.3 Å². The maximum Gasteiger partial charge on any atom is 0.0729 e. The number of H-pyrrole nitrogens is 1. The van der Waals surface area contributed by atoms with Crippen LogP contribution < -0.4 is 0 Å². The Bertz CT molecular complexity index is 1180. The normalized spacial score (nSPS) is 16.9. The number of allylic oxidation sites excluding steroid dienone is 2. The number of aromatic nitrogens is 2. The molecule has 0 radical (unpaired) electrons. The summed E-state index contributed by atoms with van der Waals surface area (Å²) in [5.74, 6) is 0. The van der Waals surface area contributed by atoms with Gasteiger partial charge in [0.05, 0.1) is 16.7 Å². The van der Waals surface area contributed by atoms with Crippen LogP contribution in [0, 0.1) is 5.41 Å². The molecular formula is C27H31ClN4. The lowest BCUT2D eigenvalue weighted by Gasteiger charge is -2.46. The van der Waals surface area contributed by atoms with Crippen LogP contribution in [0.2, 0.25) is 5.02 Å². The quantitative estimate of drug-likeness (QED) is 0.309. The van der Waals surface area contributed by atoms with Gasteiger partial charge in [-0.05, 0) is 36.1 Å². The van der Waals surface area contributed by atoms with Crippen molar-refractivity contribution in [3.63, 3.8) is 0 Å². The fourth-order valence-electron chi connectivity index (χ4n) is 4.66. The van der Waals surface area contributed by atoms with Crippen molar-refractivity contribution in [1.29, 1.82) is 0 Å². The standard InChI is InChI=1S/C27H31ClN4/c1-5-24(29-4)21(16-32-17-27(2,3)18-32)12-6-9-19-10-7-13-22(25(19)28)23-14-8-11-20-15-30-31-26(20)23/h6-8,10-15H,4-5,9,16-18H2,1-3H3,(H,30,31)/b12-6-,24-21+. The average molecular weight is 447 g/mol. The Morgan fingerprint density at radius 3 is 2.69 bits per heavy atom. The van der Waals surface area contributed by atoms with Gasteiger partial charge in [0.25, 0.3) is 0 Å². The number of para-hydroxylation sites is 1. The second kappa shape index (κ2) is 9.43. The molecule has 0 amide bonds. The Balaban J connectivity index is 1.56. The number of aliphatic imine (C=N–C) groups is 1. The molecule has 0 unspecified atom stereocenters. The summed E-state index contributed by atoms with van der Waals surface area (Å²) >= 11 is 6.87. The highest BCUT2D eigenvalue weighted by Crippen LogP contribution is 2.35. The van der Waals surface area contributed by atoms with Crippen molar-refractivity contribution in [3.05, 3.63) is 76.6 Å². The van der Waals surface area contributed by atoms with Crippen molar-refractivity contribution in [2.75, 3.05) is 19.6 Å². The van der Waals surface area contributed by atoms with E-state index in [9.17, 15) is 0 Å². The summed E-state index contributed by atoms with van der Waals surface area (Å²) in [7, 11) is 0. The fourth-order valence-corrected chi connectivity index (χ4v) is 4.97. The van der Waals surface area contributed by atoms with E-state index in [-0.39, 0.29) is 0 Å². The lowest BCUT2D eigenvalue weighted by Crippen LogP contribution is -2.53. The van der Waals surface area contributed by atoms with Crippen molar-refractivity contribution in [3.8, 4) is 11.1 Å². The number of fused-ring (bicyclic) bond motifs is 1. The van der Waals surface area contributed by atoms with Crippen molar-refractivity contribution >= 4 is 29.2 Å². The predicted octanol–water partition coefficient (Wildman–Crippen LogP) is 6.69. The first-order valence-electron chi connectivity index (χ1n) is 11.2. The number of hydrogen-bond donors (Lipinski definition) is 1. The third-order valence-corrected chi connectivity index (χ3v) is 6.54. The monoisotopic (exact) mass is 446 g/mol. The van der Waals surface area contributed by atoms with Gasteiger partial charge in [0, 0.05) is 41.8 Å². The van der Waals surface area contributed by atoms with Gasteiger partial charge in [-0.15, -0.1) is 0 Å². The summed E-state index contributed by atoms with van der Waals surface area (Å²) in [6, 6.07) is 12.4. The molecule has 1 fully saturated rings. The molecule has 0 bridgehead atoms. The molecule has 0 spiro atoms. The summed E-state index contributed by atoms with van der Waals surface area (Å²) in [4.78, 5) is 6.76. The molecule has 1 aliphatic rings. The van der Waals surface area contributed by atoms with Gasteiger partial charge in [0.1, 0.15) is 0 Å². The second-order valence-corrected chi connectivity index (χ2v) is 9.70. The van der Waals surface area contributed by atoms with E-state index >= 15 is 0 Å². The van der Waals surface area contributed by atoms with Gasteiger partial charge in [-0.2, -0.15) is 5.10 Å². The van der Waals surface area contributed by atoms with E-state index in [1.165, 1.54) is 5.57 Å². The van der Waals surface area contributed by atoms with E-state index in [2.05, 4.69) is 90.1 Å². The predicted molar refractivity (Wildman–Crippen MR) is 136 cm³/mol. The van der Waals surface area contributed by atoms with Crippen LogP contribution in [0.25, 0.3) is 22.0 Å². The van der Waals surface area contributed by atoms with Crippen LogP contribution in [0.4, 0.5) is 0 Å². The summed E-state index contributed by atoms with van der Waals surface area (Å²) in [6.45, 7) is 13.7. The summed E-state index contributed by atoms with van der Waals surface area (Å²) in [5.41, 5.74) is 6.92. The first-order chi connectivity index (χ1) is 15.4. The second-order valence-electron chi connectivity index (χ2n) is 9.32. The van der Waals surface area contributed by atoms with E-state index < -0.39 is 0 Å². The zero-order valence-corrected chi connectivity index (χ0v) is 19.9. The molecule has 5 heteroatoms. The van der Waals surface area contributed by atoms with Gasteiger partial charge in [0.2, 0.25) is 0 Å². The third-order valence-electron chi connectivity index (χ3n) is 6.10. The number of likely N-dealkylation sites (tertiary alicyclic amines) is 1. The van der Waals surface area contributed by atoms with Crippen LogP contribution in [-0.2, 0) is 6.42 Å². The number of halogens is 1. The zero-order valence-electron chi connectivity index (χ0n) is 19.2. The minimum atomic E-state index is 0.411. The molecule has 4 rings (SSSR count). The van der Waals surface area contributed by atoms with Crippen LogP contribution in [0.3, 0.4) is 0 Å². The van der Waals surface area contributed by atoms with Gasteiger partial charge in [0.15, 0.2) is 0 Å². The first-order valence-corrected chi connectivity index (χ1v) is 11.6. The molecule has 2 heterocycles. The highest BCUT2D eigenvalue weighted by Gasteiger charge is 2.34. The maximum atomic E-state index is 6.87. The molecule has 1 aromatic heterocycles. The number of hydrogen-bond acceptors (Lipinski definition) is 3. The molecule has 1 aliphatic heterocycles. The van der Waals surface area contributed by atoms with Crippen LogP contribution in [0.15, 0.2) is 71.0 Å². The maximum absolute atomic E-state index is 6.87. The Kier molecular flexibility index (Phi) is 6.63. The fraction of sp³-hybridized carbons (Fsp3) is 0.333. The van der Waals surface area contributed by atoms with Crippen molar-refractivity contribution in [1.82, 2.24) is 15.1 Å². The number of rotatable bonds is 8. The summed E-state index contributed by atoms with van der Waals surface area (Å²) in [5, 5.41) is 9.15. The molecule has 3 aromatic rings. The number of nitrogens with one attached hydrogen (secondary N) is 1. The highest BCUT2D eigenvalue weighted by molar-refractivity contribution is 6.34. The molecule has 0 atom stereocenters. The van der Waals surface area contributed by atoms with Crippen LogP contribution in [0.5, 0.6) is 0 Å². The first kappa shape index (κ1) is 22.5. The van der Waals surface area contributed by atoms with E-state index in [1.54, 1.807) is 0 Å². The minimum absolute atomic E-state index is 0.411. The Hall–Kier alpha value is -2.69. The van der Waals surface area contributed by atoms with E-state index in [4.69, 9.17) is 11.6 Å². The van der Waals surface area contributed by atoms with Crippen LogP contribution >= 0.6 is 11.6 Å². The lowest BCUT2D eigenvalue weighted by atomic mass is 9.84. The zero-order chi connectivity index (χ0) is 22.7. The van der Waals surface area contributed by atoms with E-state index in [1.807, 2.05) is 12.3 Å². The number of benzene rings is 2. The van der Waals surface area contributed by atoms with Crippen molar-refractivity contribution in [2.45, 2.75) is 33.6 Å². The van der Waals surface area contributed by atoms with Crippen LogP contribution in [0.1, 0.15) is 32.8 Å². The van der Waals surface area contributed by atoms with Gasteiger partial charge in [-0.1, -0.05) is 80.9 Å². The number of aromatic amines is 1. The molecular weight excluding hydrogens is 416 g/mol. The minimum Gasteiger partial charge on any atom is -0.298 e. The van der Waals surface area contributed by atoms with E-state index in [0.29, 0.717) is 5.41 Å².